The number of hydrogen-bond acceptors (Lipinski definition) is 4. The molecule has 0 spiro atoms. The second kappa shape index (κ2) is 9.15. The van der Waals surface area contributed by atoms with E-state index in [-0.39, 0.29) is 0 Å². The highest BCUT2D eigenvalue weighted by atomic mass is 16.3. The van der Waals surface area contributed by atoms with Gasteiger partial charge in [-0.2, -0.15) is 0 Å². The molecule has 5 aromatic carbocycles. The summed E-state index contributed by atoms with van der Waals surface area (Å²) in [5, 5.41) is 5.27. The zero-order valence-electron chi connectivity index (χ0n) is 23.9. The van der Waals surface area contributed by atoms with Gasteiger partial charge >= 0.3 is 0 Å². The quantitative estimate of drug-likeness (QED) is 0.210. The van der Waals surface area contributed by atoms with E-state index in [0.29, 0.717) is 5.71 Å². The summed E-state index contributed by atoms with van der Waals surface area (Å²) in [6, 6.07) is 47.9. The Morgan fingerprint density at radius 3 is 1.87 bits per heavy atom. The van der Waals surface area contributed by atoms with Crippen molar-refractivity contribution >= 4 is 65.9 Å². The SMILES string of the molecule is c1ccc(-n2c3ccccc3c3nc(-c4cccc5c4oc4c(-c6ccc7c(n6)oc6ccccc67)cccc45)ccc32)cc1. The standard InChI is InChI=1S/C40H23N3O2/c1-2-10-24(11-3-1)43-34-18-6-4-13-31(34)37-35(43)23-22-32(41-37)29-16-8-14-26-27-15-9-17-30(39(27)45-38(26)29)33-21-20-28-25-12-5-7-19-36(25)44-40(28)42-33/h1-23H. The molecule has 0 saturated carbocycles. The Balaban J connectivity index is 1.17. The Morgan fingerprint density at radius 2 is 1.07 bits per heavy atom. The van der Waals surface area contributed by atoms with Crippen molar-refractivity contribution in [2.75, 3.05) is 0 Å². The molecule has 5 nitrogen and oxygen atoms in total. The molecule has 0 aliphatic heterocycles. The van der Waals surface area contributed by atoms with Gasteiger partial charge in [-0.25, -0.2) is 9.97 Å². The lowest BCUT2D eigenvalue weighted by molar-refractivity contribution is 0.654. The largest absolute Gasteiger partial charge is 0.455 e. The average Bonchev–Trinajstić information content (AvgIpc) is 3.77. The van der Waals surface area contributed by atoms with Crippen molar-refractivity contribution in [3.8, 4) is 28.2 Å². The maximum atomic E-state index is 6.75. The molecule has 0 radical (unpaired) electrons. The van der Waals surface area contributed by atoms with Crippen molar-refractivity contribution in [3.05, 3.63) is 140 Å². The zero-order valence-corrected chi connectivity index (χ0v) is 23.9. The first-order valence-electron chi connectivity index (χ1n) is 15.0. The number of pyridine rings is 2. The van der Waals surface area contributed by atoms with Gasteiger partial charge in [-0.15, -0.1) is 0 Å². The summed E-state index contributed by atoms with van der Waals surface area (Å²) >= 11 is 0. The number of aromatic nitrogens is 3. The van der Waals surface area contributed by atoms with Crippen LogP contribution in [0.2, 0.25) is 0 Å². The average molecular weight is 578 g/mol. The first-order chi connectivity index (χ1) is 22.3. The van der Waals surface area contributed by atoms with Crippen LogP contribution in [0.1, 0.15) is 0 Å². The minimum atomic E-state index is 0.620. The molecular formula is C40H23N3O2. The van der Waals surface area contributed by atoms with Crippen LogP contribution in [0, 0.1) is 0 Å². The van der Waals surface area contributed by atoms with Crippen LogP contribution in [0.5, 0.6) is 0 Å². The van der Waals surface area contributed by atoms with Crippen LogP contribution >= 0.6 is 0 Å². The number of nitrogens with zero attached hydrogens (tertiary/aromatic N) is 3. The number of benzene rings is 5. The summed E-state index contributed by atoms with van der Waals surface area (Å²) < 4.78 is 15.1. The van der Waals surface area contributed by atoms with Gasteiger partial charge in [-0.05, 0) is 60.7 Å². The minimum Gasteiger partial charge on any atom is -0.455 e. The first-order valence-corrected chi connectivity index (χ1v) is 15.0. The lowest BCUT2D eigenvalue weighted by atomic mass is 10.0. The highest BCUT2D eigenvalue weighted by Gasteiger charge is 2.19. The molecule has 0 amide bonds. The zero-order chi connectivity index (χ0) is 29.5. The smallest absolute Gasteiger partial charge is 0.227 e. The Hall–Kier alpha value is -6.20. The van der Waals surface area contributed by atoms with E-state index in [1.54, 1.807) is 0 Å². The Morgan fingerprint density at radius 1 is 0.422 bits per heavy atom. The fraction of sp³-hybridized carbons (Fsp3) is 0. The Labute approximate surface area is 256 Å². The maximum absolute atomic E-state index is 6.75. The highest BCUT2D eigenvalue weighted by Crippen LogP contribution is 2.41. The third kappa shape index (κ3) is 3.49. The third-order valence-corrected chi connectivity index (χ3v) is 8.85. The fourth-order valence-corrected chi connectivity index (χ4v) is 6.81. The summed E-state index contributed by atoms with van der Waals surface area (Å²) in [6.07, 6.45) is 0. The lowest BCUT2D eigenvalue weighted by Gasteiger charge is -2.07. The van der Waals surface area contributed by atoms with Gasteiger partial charge in [-0.1, -0.05) is 78.9 Å². The van der Waals surface area contributed by atoms with E-state index in [1.807, 2.05) is 30.3 Å². The van der Waals surface area contributed by atoms with Gasteiger partial charge in [0, 0.05) is 43.7 Å². The van der Waals surface area contributed by atoms with E-state index in [2.05, 4.69) is 114 Å². The molecule has 0 fully saturated rings. The third-order valence-electron chi connectivity index (χ3n) is 8.85. The van der Waals surface area contributed by atoms with Gasteiger partial charge < -0.3 is 13.4 Å². The molecule has 0 aliphatic rings. The monoisotopic (exact) mass is 577 g/mol. The van der Waals surface area contributed by atoms with Crippen LogP contribution in [0.3, 0.4) is 0 Å². The summed E-state index contributed by atoms with van der Waals surface area (Å²) in [5.74, 6) is 0. The van der Waals surface area contributed by atoms with Gasteiger partial charge in [0.1, 0.15) is 16.7 Å². The molecule has 0 unspecified atom stereocenters. The molecule has 5 heterocycles. The normalized spacial score (nSPS) is 12.0. The van der Waals surface area contributed by atoms with Crippen LogP contribution in [0.15, 0.2) is 148 Å². The number of furan rings is 2. The van der Waals surface area contributed by atoms with Crippen LogP contribution in [-0.2, 0) is 0 Å². The number of fused-ring (bicyclic) bond motifs is 9. The Bertz CT molecular complexity index is 2770. The van der Waals surface area contributed by atoms with E-state index < -0.39 is 0 Å². The number of para-hydroxylation sites is 5. The maximum Gasteiger partial charge on any atom is 0.227 e. The molecule has 0 N–H and O–H groups in total. The van der Waals surface area contributed by atoms with Gasteiger partial charge in [0.2, 0.25) is 5.71 Å². The molecule has 0 aliphatic carbocycles. The van der Waals surface area contributed by atoms with Crippen molar-refractivity contribution in [1.82, 2.24) is 14.5 Å². The number of rotatable bonds is 3. The Kier molecular flexibility index (Phi) is 4.93. The van der Waals surface area contributed by atoms with Gasteiger partial charge in [-0.3, -0.25) is 0 Å². The molecule has 210 valence electrons. The molecule has 45 heavy (non-hydrogen) atoms. The van der Waals surface area contributed by atoms with Crippen molar-refractivity contribution < 1.29 is 8.83 Å². The molecule has 0 saturated heterocycles. The molecule has 10 rings (SSSR count). The summed E-state index contributed by atoms with van der Waals surface area (Å²) in [6.45, 7) is 0. The second-order valence-electron chi connectivity index (χ2n) is 11.4. The highest BCUT2D eigenvalue weighted by molar-refractivity contribution is 6.14. The molecule has 5 aromatic heterocycles. The van der Waals surface area contributed by atoms with Crippen molar-refractivity contribution in [2.45, 2.75) is 0 Å². The summed E-state index contributed by atoms with van der Waals surface area (Å²) in [4.78, 5) is 10.2. The predicted octanol–water partition coefficient (Wildman–Crippen LogP) is 10.7. The van der Waals surface area contributed by atoms with Crippen LogP contribution < -0.4 is 0 Å². The van der Waals surface area contributed by atoms with E-state index >= 15 is 0 Å². The molecule has 10 aromatic rings. The van der Waals surface area contributed by atoms with Crippen molar-refractivity contribution in [2.24, 2.45) is 0 Å². The molecule has 0 bridgehead atoms. The molecular weight excluding hydrogens is 554 g/mol. The summed E-state index contributed by atoms with van der Waals surface area (Å²) in [7, 11) is 0. The van der Waals surface area contributed by atoms with Crippen LogP contribution in [0.25, 0.3) is 94.1 Å². The van der Waals surface area contributed by atoms with Gasteiger partial charge in [0.25, 0.3) is 0 Å². The lowest BCUT2D eigenvalue weighted by Crippen LogP contribution is -1.93. The van der Waals surface area contributed by atoms with Crippen LogP contribution in [-0.4, -0.2) is 14.5 Å². The van der Waals surface area contributed by atoms with Crippen molar-refractivity contribution in [1.29, 1.82) is 0 Å². The van der Waals surface area contributed by atoms with Crippen molar-refractivity contribution in [3.63, 3.8) is 0 Å². The summed E-state index contributed by atoms with van der Waals surface area (Å²) in [5.41, 5.74) is 10.9. The van der Waals surface area contributed by atoms with E-state index in [0.717, 1.165) is 88.4 Å². The molecule has 0 atom stereocenters. The van der Waals surface area contributed by atoms with E-state index in [4.69, 9.17) is 18.8 Å². The van der Waals surface area contributed by atoms with Gasteiger partial charge in [0.05, 0.1) is 27.9 Å². The first kappa shape index (κ1) is 24.3. The molecule has 5 heteroatoms. The predicted molar refractivity (Wildman–Crippen MR) is 182 cm³/mol. The minimum absolute atomic E-state index is 0.620. The van der Waals surface area contributed by atoms with E-state index in [1.165, 1.54) is 0 Å². The van der Waals surface area contributed by atoms with Crippen LogP contribution in [0.4, 0.5) is 0 Å². The topological polar surface area (TPSA) is 57.0 Å². The number of hydrogen-bond donors (Lipinski definition) is 0. The fourth-order valence-electron chi connectivity index (χ4n) is 6.81. The van der Waals surface area contributed by atoms with E-state index in [9.17, 15) is 0 Å². The second-order valence-corrected chi connectivity index (χ2v) is 11.4. The van der Waals surface area contributed by atoms with Gasteiger partial charge in [0.15, 0.2) is 0 Å².